The molecule has 1 aliphatic rings. The summed E-state index contributed by atoms with van der Waals surface area (Å²) < 4.78 is 33.2. The average molecular weight is 483 g/mol. The Morgan fingerprint density at radius 1 is 1.18 bits per heavy atom. The number of nitrogens with one attached hydrogen (secondary N) is 2. The maximum absolute atomic E-state index is 14.7. The number of pyridine rings is 1. The van der Waals surface area contributed by atoms with Crippen molar-refractivity contribution in [3.05, 3.63) is 93.3 Å². The molecule has 0 saturated carbocycles. The van der Waals surface area contributed by atoms with E-state index in [2.05, 4.69) is 15.6 Å². The summed E-state index contributed by atoms with van der Waals surface area (Å²) in [5, 5.41) is 14.0. The van der Waals surface area contributed by atoms with Gasteiger partial charge in [0.05, 0.1) is 16.8 Å². The number of aromatic nitrogens is 1. The number of hydrogen-bond acceptors (Lipinski definition) is 5. The number of fused-ring (bicyclic) bond motifs is 1. The van der Waals surface area contributed by atoms with Crippen LogP contribution in [0.3, 0.4) is 0 Å². The molecule has 0 spiro atoms. The summed E-state index contributed by atoms with van der Waals surface area (Å²) >= 11 is 5.76. The standard InChI is InChI=1S/C24H17ClF2N4O3/c25-18-10-13(4-7-19(18)26)30-23(32)17-5-8-20(27)22-16(17)6-9-21(22)31-24(33)34-12-15-3-1-2-14(11-28)29-15/h1-5,7-8,10,21H,6,9,12H2,(H,30,32)(H,31,33)/t21-/m0/s1. The van der Waals surface area contributed by atoms with E-state index in [0.29, 0.717) is 29.8 Å². The van der Waals surface area contributed by atoms with Crippen molar-refractivity contribution in [1.29, 1.82) is 5.26 Å². The molecule has 0 radical (unpaired) electrons. The second-order valence-corrected chi connectivity index (χ2v) is 7.92. The van der Waals surface area contributed by atoms with E-state index in [1.54, 1.807) is 12.1 Å². The van der Waals surface area contributed by atoms with Gasteiger partial charge >= 0.3 is 6.09 Å². The molecule has 0 fully saturated rings. The van der Waals surface area contributed by atoms with E-state index < -0.39 is 29.7 Å². The SMILES string of the molecule is N#Cc1cccc(COC(=O)N[C@H]2CCc3c(C(=O)Nc4ccc(F)c(Cl)c4)ccc(F)c32)n1. The maximum atomic E-state index is 14.7. The van der Waals surface area contributed by atoms with Crippen LogP contribution in [0.1, 0.15) is 45.3 Å². The normalized spacial score (nSPS) is 14.1. The monoisotopic (exact) mass is 482 g/mol. The van der Waals surface area contributed by atoms with Gasteiger partial charge in [-0.3, -0.25) is 4.79 Å². The lowest BCUT2D eigenvalue weighted by molar-refractivity contribution is 0.102. The van der Waals surface area contributed by atoms with E-state index in [0.717, 1.165) is 12.1 Å². The summed E-state index contributed by atoms with van der Waals surface area (Å²) in [6, 6.07) is 12.3. The smallest absolute Gasteiger partial charge is 0.408 e. The van der Waals surface area contributed by atoms with E-state index in [-0.39, 0.29) is 28.5 Å². The summed E-state index contributed by atoms with van der Waals surface area (Å²) in [7, 11) is 0. The molecule has 4 rings (SSSR count). The molecule has 0 saturated heterocycles. The number of benzene rings is 2. The van der Waals surface area contributed by atoms with E-state index in [1.807, 2.05) is 6.07 Å². The van der Waals surface area contributed by atoms with Gasteiger partial charge < -0.3 is 15.4 Å². The zero-order chi connectivity index (χ0) is 24.2. The largest absolute Gasteiger partial charge is 0.443 e. The Balaban J connectivity index is 1.46. The first kappa shape index (κ1) is 23.1. The summed E-state index contributed by atoms with van der Waals surface area (Å²) in [4.78, 5) is 29.1. The minimum Gasteiger partial charge on any atom is -0.443 e. The zero-order valence-electron chi connectivity index (χ0n) is 17.6. The van der Waals surface area contributed by atoms with Crippen molar-refractivity contribution >= 4 is 29.3 Å². The molecule has 1 aromatic heterocycles. The van der Waals surface area contributed by atoms with Crippen molar-refractivity contribution in [3.8, 4) is 6.07 Å². The number of carbonyl (C=O) groups is 2. The molecule has 3 aromatic rings. The second kappa shape index (κ2) is 9.85. The summed E-state index contributed by atoms with van der Waals surface area (Å²) in [5.74, 6) is -1.68. The highest BCUT2D eigenvalue weighted by Gasteiger charge is 2.31. The van der Waals surface area contributed by atoms with Gasteiger partial charge in [0.2, 0.25) is 0 Å². The topological polar surface area (TPSA) is 104 Å². The maximum Gasteiger partial charge on any atom is 0.408 e. The third kappa shape index (κ3) is 4.97. The lowest BCUT2D eigenvalue weighted by Gasteiger charge is -2.16. The lowest BCUT2D eigenvalue weighted by atomic mass is 10.0. The van der Waals surface area contributed by atoms with Crippen LogP contribution in [-0.2, 0) is 17.8 Å². The molecule has 0 unspecified atom stereocenters. The highest BCUT2D eigenvalue weighted by Crippen LogP contribution is 2.36. The van der Waals surface area contributed by atoms with E-state index in [1.165, 1.54) is 24.3 Å². The highest BCUT2D eigenvalue weighted by atomic mass is 35.5. The van der Waals surface area contributed by atoms with Crippen molar-refractivity contribution in [1.82, 2.24) is 10.3 Å². The Kier molecular flexibility index (Phi) is 6.70. The van der Waals surface area contributed by atoms with Gasteiger partial charge in [0.1, 0.15) is 30.0 Å². The molecule has 10 heteroatoms. The van der Waals surface area contributed by atoms with Crippen molar-refractivity contribution in [3.63, 3.8) is 0 Å². The molecule has 1 heterocycles. The lowest BCUT2D eigenvalue weighted by Crippen LogP contribution is -2.28. The van der Waals surface area contributed by atoms with Crippen LogP contribution in [0.5, 0.6) is 0 Å². The van der Waals surface area contributed by atoms with Crippen molar-refractivity contribution in [2.45, 2.75) is 25.5 Å². The number of nitriles is 1. The first-order valence-electron chi connectivity index (χ1n) is 10.2. The fourth-order valence-electron chi connectivity index (χ4n) is 3.79. The molecule has 172 valence electrons. The van der Waals surface area contributed by atoms with Gasteiger partial charge in [0, 0.05) is 16.8 Å². The van der Waals surface area contributed by atoms with Gasteiger partial charge in [-0.2, -0.15) is 5.26 Å². The summed E-state index contributed by atoms with van der Waals surface area (Å²) in [6.45, 7) is -0.161. The van der Waals surface area contributed by atoms with Crippen LogP contribution in [-0.4, -0.2) is 17.0 Å². The number of rotatable bonds is 5. The van der Waals surface area contributed by atoms with E-state index in [9.17, 15) is 18.4 Å². The van der Waals surface area contributed by atoms with Crippen molar-refractivity contribution in [2.75, 3.05) is 5.32 Å². The van der Waals surface area contributed by atoms with Crippen LogP contribution in [0.2, 0.25) is 5.02 Å². The molecule has 2 amide bonds. The third-order valence-corrected chi connectivity index (χ3v) is 5.61. The van der Waals surface area contributed by atoms with E-state index >= 15 is 0 Å². The number of hydrogen-bond donors (Lipinski definition) is 2. The number of anilines is 1. The Labute approximate surface area is 198 Å². The molecule has 0 aliphatic heterocycles. The molecule has 2 aromatic carbocycles. The van der Waals surface area contributed by atoms with Crippen LogP contribution >= 0.6 is 11.6 Å². The number of ether oxygens (including phenoxy) is 1. The van der Waals surface area contributed by atoms with E-state index in [4.69, 9.17) is 21.6 Å². The van der Waals surface area contributed by atoms with Crippen LogP contribution < -0.4 is 10.6 Å². The Morgan fingerprint density at radius 2 is 1.97 bits per heavy atom. The number of alkyl carbamates (subject to hydrolysis) is 1. The molecular weight excluding hydrogens is 466 g/mol. The highest BCUT2D eigenvalue weighted by molar-refractivity contribution is 6.31. The predicted molar refractivity (Wildman–Crippen MR) is 119 cm³/mol. The third-order valence-electron chi connectivity index (χ3n) is 5.32. The Hall–Kier alpha value is -4.03. The molecular formula is C24H17ClF2N4O3. The number of carbonyl (C=O) groups excluding carboxylic acids is 2. The molecule has 1 aliphatic carbocycles. The van der Waals surface area contributed by atoms with Crippen LogP contribution in [0.4, 0.5) is 19.3 Å². The summed E-state index contributed by atoms with van der Waals surface area (Å²) in [5.41, 5.74) is 1.81. The van der Waals surface area contributed by atoms with Gasteiger partial charge in [-0.1, -0.05) is 17.7 Å². The van der Waals surface area contributed by atoms with Gasteiger partial charge in [-0.05, 0) is 60.9 Å². The zero-order valence-corrected chi connectivity index (χ0v) is 18.3. The molecule has 1 atom stereocenters. The molecule has 0 bridgehead atoms. The number of amides is 2. The number of nitrogens with zero attached hydrogens (tertiary/aromatic N) is 2. The molecule has 2 N–H and O–H groups in total. The number of halogens is 3. The van der Waals surface area contributed by atoms with Gasteiger partial charge in [0.25, 0.3) is 5.91 Å². The summed E-state index contributed by atoms with van der Waals surface area (Å²) in [6.07, 6.45) is -0.0513. The van der Waals surface area contributed by atoms with Crippen LogP contribution in [0.25, 0.3) is 0 Å². The Bertz CT molecular complexity index is 1330. The first-order chi connectivity index (χ1) is 16.4. The van der Waals surface area contributed by atoms with Gasteiger partial charge in [0.15, 0.2) is 0 Å². The molecule has 7 nitrogen and oxygen atoms in total. The van der Waals surface area contributed by atoms with Crippen LogP contribution in [0, 0.1) is 23.0 Å². The first-order valence-corrected chi connectivity index (χ1v) is 10.6. The quantitative estimate of drug-likeness (QED) is 0.529. The van der Waals surface area contributed by atoms with Gasteiger partial charge in [-0.25, -0.2) is 18.6 Å². The van der Waals surface area contributed by atoms with Crippen molar-refractivity contribution < 1.29 is 23.1 Å². The van der Waals surface area contributed by atoms with Crippen molar-refractivity contribution in [2.24, 2.45) is 0 Å². The predicted octanol–water partition coefficient (Wildman–Crippen LogP) is 5.05. The second-order valence-electron chi connectivity index (χ2n) is 7.51. The molecule has 34 heavy (non-hydrogen) atoms. The minimum atomic E-state index is -0.780. The van der Waals surface area contributed by atoms with Crippen LogP contribution in [0.15, 0.2) is 48.5 Å². The minimum absolute atomic E-state index is 0.139. The average Bonchev–Trinajstić information content (AvgIpc) is 3.24. The van der Waals surface area contributed by atoms with Gasteiger partial charge in [-0.15, -0.1) is 0 Å². The fourth-order valence-corrected chi connectivity index (χ4v) is 3.97. The Morgan fingerprint density at radius 3 is 2.74 bits per heavy atom. The fraction of sp³-hybridized carbons (Fsp3) is 0.167.